The molecule has 0 bridgehead atoms. The summed E-state index contributed by atoms with van der Waals surface area (Å²) in [6, 6.07) is 3.24. The smallest absolute Gasteiger partial charge is 0.292 e. The second-order valence-corrected chi connectivity index (χ2v) is 3.34. The number of alkyl halides is 2. The van der Waals surface area contributed by atoms with Crippen LogP contribution in [-0.2, 0) is 11.2 Å². The van der Waals surface area contributed by atoms with Gasteiger partial charge in [-0.05, 0) is 18.1 Å². The van der Waals surface area contributed by atoms with Crippen LogP contribution in [0.25, 0.3) is 0 Å². The number of Topliss-reactive ketones (excluding diaryl/α,β-unsaturated/α-hetero) is 2. The Balaban J connectivity index is 2.31. The lowest BCUT2D eigenvalue weighted by Crippen LogP contribution is -2.26. The average molecular weight is 211 g/mol. The van der Waals surface area contributed by atoms with Gasteiger partial charge in [0, 0.05) is 6.20 Å². The van der Waals surface area contributed by atoms with Crippen LogP contribution in [0.3, 0.4) is 0 Å². The Morgan fingerprint density at radius 3 is 2.87 bits per heavy atom. The number of ketones is 2. The number of carbonyl (C=O) groups is 2. The number of aromatic nitrogens is 1. The maximum absolute atomic E-state index is 12.2. The summed E-state index contributed by atoms with van der Waals surface area (Å²) in [4.78, 5) is 26.3. The van der Waals surface area contributed by atoms with Gasteiger partial charge in [-0.15, -0.1) is 0 Å². The van der Waals surface area contributed by atoms with E-state index in [2.05, 4.69) is 4.98 Å². The SMILES string of the molecule is O=C1c2ncccc2CC1C(=O)C(F)F. The molecule has 0 spiro atoms. The fraction of sp³-hybridized carbons (Fsp3) is 0.300. The maximum atomic E-state index is 12.2. The van der Waals surface area contributed by atoms with Gasteiger partial charge in [0.25, 0.3) is 6.43 Å². The fourth-order valence-corrected chi connectivity index (χ4v) is 1.68. The molecule has 0 aromatic carbocycles. The van der Waals surface area contributed by atoms with Crippen LogP contribution in [0, 0.1) is 5.92 Å². The molecule has 2 rings (SSSR count). The largest absolute Gasteiger partial charge is 0.296 e. The number of hydrogen-bond acceptors (Lipinski definition) is 3. The number of fused-ring (bicyclic) bond motifs is 1. The average Bonchev–Trinajstić information content (AvgIpc) is 2.56. The summed E-state index contributed by atoms with van der Waals surface area (Å²) in [5, 5.41) is 0. The number of carbonyl (C=O) groups excluding carboxylic acids is 2. The van der Waals surface area contributed by atoms with Crippen LogP contribution in [0.4, 0.5) is 8.78 Å². The molecule has 0 saturated carbocycles. The summed E-state index contributed by atoms with van der Waals surface area (Å²) in [5.41, 5.74) is 0.720. The summed E-state index contributed by atoms with van der Waals surface area (Å²) >= 11 is 0. The number of pyridine rings is 1. The first-order valence-corrected chi connectivity index (χ1v) is 4.41. The van der Waals surface area contributed by atoms with E-state index in [1.54, 1.807) is 12.1 Å². The minimum absolute atomic E-state index is 0.0468. The van der Waals surface area contributed by atoms with Gasteiger partial charge in [0.15, 0.2) is 5.78 Å². The summed E-state index contributed by atoms with van der Waals surface area (Å²) in [5.74, 6) is -3.14. The van der Waals surface area contributed by atoms with E-state index in [4.69, 9.17) is 0 Å². The molecule has 15 heavy (non-hydrogen) atoms. The molecule has 0 amide bonds. The molecule has 0 aliphatic heterocycles. The molecule has 5 heteroatoms. The Labute approximate surface area is 84.1 Å². The topological polar surface area (TPSA) is 47.0 Å². The zero-order chi connectivity index (χ0) is 11.0. The van der Waals surface area contributed by atoms with Crippen LogP contribution in [0.15, 0.2) is 18.3 Å². The zero-order valence-electron chi connectivity index (χ0n) is 7.61. The van der Waals surface area contributed by atoms with Gasteiger partial charge in [-0.25, -0.2) is 8.78 Å². The van der Waals surface area contributed by atoms with Gasteiger partial charge in [0.2, 0.25) is 5.78 Å². The number of nitrogens with zero attached hydrogens (tertiary/aromatic N) is 1. The van der Waals surface area contributed by atoms with Crippen LogP contribution in [0.5, 0.6) is 0 Å². The molecule has 0 saturated heterocycles. The van der Waals surface area contributed by atoms with E-state index >= 15 is 0 Å². The van der Waals surface area contributed by atoms with E-state index in [0.717, 1.165) is 0 Å². The van der Waals surface area contributed by atoms with Crippen molar-refractivity contribution in [2.75, 3.05) is 0 Å². The highest BCUT2D eigenvalue weighted by molar-refractivity contribution is 6.13. The van der Waals surface area contributed by atoms with Gasteiger partial charge < -0.3 is 0 Å². The van der Waals surface area contributed by atoms with Crippen LogP contribution in [-0.4, -0.2) is 23.0 Å². The molecule has 1 aromatic rings. The minimum Gasteiger partial charge on any atom is -0.292 e. The van der Waals surface area contributed by atoms with Crippen molar-refractivity contribution in [2.45, 2.75) is 12.8 Å². The van der Waals surface area contributed by atoms with Crippen molar-refractivity contribution in [3.05, 3.63) is 29.6 Å². The third-order valence-corrected chi connectivity index (χ3v) is 2.42. The molecule has 1 aromatic heterocycles. The summed E-state index contributed by atoms with van der Waals surface area (Å²) < 4.78 is 24.3. The highest BCUT2D eigenvalue weighted by atomic mass is 19.3. The van der Waals surface area contributed by atoms with Crippen molar-refractivity contribution in [1.82, 2.24) is 4.98 Å². The van der Waals surface area contributed by atoms with Gasteiger partial charge in [-0.3, -0.25) is 14.6 Å². The van der Waals surface area contributed by atoms with Crippen molar-refractivity contribution in [2.24, 2.45) is 5.92 Å². The van der Waals surface area contributed by atoms with Crippen LogP contribution in [0.1, 0.15) is 16.1 Å². The number of rotatable bonds is 2. The monoisotopic (exact) mass is 211 g/mol. The van der Waals surface area contributed by atoms with E-state index in [-0.39, 0.29) is 12.1 Å². The Kier molecular flexibility index (Phi) is 2.30. The van der Waals surface area contributed by atoms with Gasteiger partial charge in [-0.1, -0.05) is 6.07 Å². The molecule has 0 radical (unpaired) electrons. The summed E-state index contributed by atoms with van der Waals surface area (Å²) in [6.45, 7) is 0. The Morgan fingerprint density at radius 2 is 2.27 bits per heavy atom. The first-order chi connectivity index (χ1) is 7.11. The first-order valence-electron chi connectivity index (χ1n) is 4.41. The number of hydrogen-bond donors (Lipinski definition) is 0. The predicted octanol–water partition coefficient (Wildman–Crippen LogP) is 1.27. The Hall–Kier alpha value is -1.65. The van der Waals surface area contributed by atoms with Crippen molar-refractivity contribution in [1.29, 1.82) is 0 Å². The lowest BCUT2D eigenvalue weighted by molar-refractivity contribution is -0.131. The van der Waals surface area contributed by atoms with E-state index in [0.29, 0.717) is 5.56 Å². The van der Waals surface area contributed by atoms with E-state index in [1.165, 1.54) is 6.20 Å². The summed E-state index contributed by atoms with van der Waals surface area (Å²) in [6.07, 6.45) is -1.63. The lowest BCUT2D eigenvalue weighted by atomic mass is 10.0. The van der Waals surface area contributed by atoms with Crippen molar-refractivity contribution < 1.29 is 18.4 Å². The molecular weight excluding hydrogens is 204 g/mol. The molecule has 0 N–H and O–H groups in total. The van der Waals surface area contributed by atoms with E-state index in [1.807, 2.05) is 0 Å². The van der Waals surface area contributed by atoms with Crippen LogP contribution >= 0.6 is 0 Å². The highest BCUT2D eigenvalue weighted by Gasteiger charge is 2.39. The molecular formula is C10H7F2NO2. The molecule has 1 unspecified atom stereocenters. The second-order valence-electron chi connectivity index (χ2n) is 3.34. The van der Waals surface area contributed by atoms with Crippen molar-refractivity contribution in [3.63, 3.8) is 0 Å². The van der Waals surface area contributed by atoms with Gasteiger partial charge in [-0.2, -0.15) is 0 Å². The van der Waals surface area contributed by atoms with Gasteiger partial charge in [0.05, 0.1) is 5.92 Å². The zero-order valence-corrected chi connectivity index (χ0v) is 7.61. The standard InChI is InChI=1S/C10H7F2NO2/c11-10(12)9(15)6-4-5-2-1-3-13-7(5)8(6)14/h1-3,6,10H,4H2. The quantitative estimate of drug-likeness (QED) is 0.692. The van der Waals surface area contributed by atoms with E-state index < -0.39 is 23.9 Å². The Bertz CT molecular complexity index is 431. The predicted molar refractivity (Wildman–Crippen MR) is 46.8 cm³/mol. The molecule has 1 aliphatic rings. The first kappa shape index (κ1) is 9.89. The van der Waals surface area contributed by atoms with Gasteiger partial charge in [0.1, 0.15) is 5.69 Å². The fourth-order valence-electron chi connectivity index (χ4n) is 1.68. The van der Waals surface area contributed by atoms with Crippen LogP contribution < -0.4 is 0 Å². The van der Waals surface area contributed by atoms with Crippen molar-refractivity contribution >= 4 is 11.6 Å². The molecule has 1 heterocycles. The highest BCUT2D eigenvalue weighted by Crippen LogP contribution is 2.26. The Morgan fingerprint density at radius 1 is 1.53 bits per heavy atom. The molecule has 78 valence electrons. The third kappa shape index (κ3) is 1.54. The molecule has 0 fully saturated rings. The minimum atomic E-state index is -3.09. The molecule has 1 aliphatic carbocycles. The summed E-state index contributed by atoms with van der Waals surface area (Å²) in [7, 11) is 0. The molecule has 1 atom stereocenters. The lowest BCUT2D eigenvalue weighted by Gasteiger charge is -2.04. The van der Waals surface area contributed by atoms with Crippen molar-refractivity contribution in [3.8, 4) is 0 Å². The van der Waals surface area contributed by atoms with E-state index in [9.17, 15) is 18.4 Å². The third-order valence-electron chi connectivity index (χ3n) is 2.42. The van der Waals surface area contributed by atoms with Crippen LogP contribution in [0.2, 0.25) is 0 Å². The normalized spacial score (nSPS) is 19.4. The molecule has 3 nitrogen and oxygen atoms in total. The second kappa shape index (κ2) is 3.49. The van der Waals surface area contributed by atoms with Gasteiger partial charge >= 0.3 is 0 Å². The maximum Gasteiger partial charge on any atom is 0.296 e. The number of halogens is 2.